The number of hydrogen-bond donors (Lipinski definition) is 0. The number of ether oxygens (including phenoxy) is 1. The molecule has 138 valence electrons. The number of halogens is 1. The Morgan fingerprint density at radius 3 is 2.81 bits per heavy atom. The molecule has 0 spiro atoms. The summed E-state index contributed by atoms with van der Waals surface area (Å²) < 4.78 is 19.0. The van der Waals surface area contributed by atoms with Crippen LogP contribution >= 0.6 is 11.3 Å². The van der Waals surface area contributed by atoms with Crippen molar-refractivity contribution in [1.29, 1.82) is 0 Å². The van der Waals surface area contributed by atoms with E-state index in [9.17, 15) is 4.39 Å². The van der Waals surface area contributed by atoms with E-state index in [-0.39, 0.29) is 5.82 Å². The average molecular weight is 373 g/mol. The van der Waals surface area contributed by atoms with Crippen LogP contribution in [0.1, 0.15) is 17.8 Å². The smallest absolute Gasteiger partial charge is 0.123 e. The van der Waals surface area contributed by atoms with Gasteiger partial charge in [0.2, 0.25) is 0 Å². The van der Waals surface area contributed by atoms with Crippen LogP contribution in [0.2, 0.25) is 0 Å². The first-order valence-electron chi connectivity index (χ1n) is 9.52. The summed E-state index contributed by atoms with van der Waals surface area (Å²) in [6.45, 7) is 5.99. The minimum absolute atomic E-state index is 0.207. The van der Waals surface area contributed by atoms with Gasteiger partial charge in [-0.3, -0.25) is 9.80 Å². The van der Waals surface area contributed by atoms with Gasteiger partial charge in [-0.25, -0.2) is 9.37 Å². The molecule has 5 rings (SSSR count). The Hall–Kier alpha value is -1.34. The standard InChI is InChI=1S/C20H24FN3OS/c21-16-5-3-14(4-6-16)18-13-26-20(22-18)10-23-7-8-24-17(9-23)11-25-12-19(24)15-1-2-15/h3-6,13,15,17,19H,1-2,7-12H2/t17-,19-/m1/s1. The molecule has 6 heteroatoms. The van der Waals surface area contributed by atoms with Gasteiger partial charge in [0.1, 0.15) is 10.8 Å². The summed E-state index contributed by atoms with van der Waals surface area (Å²) in [5.41, 5.74) is 1.92. The van der Waals surface area contributed by atoms with Gasteiger partial charge < -0.3 is 4.74 Å². The molecule has 0 unspecified atom stereocenters. The van der Waals surface area contributed by atoms with Crippen molar-refractivity contribution in [3.05, 3.63) is 40.5 Å². The van der Waals surface area contributed by atoms with Crippen molar-refractivity contribution in [3.8, 4) is 11.3 Å². The van der Waals surface area contributed by atoms with Gasteiger partial charge in [0, 0.05) is 42.7 Å². The summed E-state index contributed by atoms with van der Waals surface area (Å²) in [4.78, 5) is 9.99. The number of rotatable bonds is 4. The molecule has 26 heavy (non-hydrogen) atoms. The molecule has 3 fully saturated rings. The highest BCUT2D eigenvalue weighted by atomic mass is 32.1. The first-order chi connectivity index (χ1) is 12.8. The fourth-order valence-electron chi connectivity index (χ4n) is 4.30. The van der Waals surface area contributed by atoms with E-state index in [4.69, 9.17) is 9.72 Å². The zero-order valence-corrected chi connectivity index (χ0v) is 15.6. The van der Waals surface area contributed by atoms with Gasteiger partial charge in [0.25, 0.3) is 0 Å². The van der Waals surface area contributed by atoms with Crippen LogP contribution in [0.5, 0.6) is 0 Å². The molecule has 1 aromatic carbocycles. The number of fused-ring (bicyclic) bond motifs is 1. The van der Waals surface area contributed by atoms with E-state index in [1.807, 2.05) is 0 Å². The lowest BCUT2D eigenvalue weighted by Crippen LogP contribution is -2.62. The van der Waals surface area contributed by atoms with Crippen LogP contribution in [0, 0.1) is 11.7 Å². The van der Waals surface area contributed by atoms with Crippen LogP contribution in [-0.2, 0) is 11.3 Å². The fourth-order valence-corrected chi connectivity index (χ4v) is 5.14. The molecule has 1 saturated carbocycles. The Bertz CT molecular complexity index is 761. The lowest BCUT2D eigenvalue weighted by molar-refractivity contribution is -0.0880. The van der Waals surface area contributed by atoms with E-state index in [2.05, 4.69) is 15.2 Å². The number of piperazine rings is 1. The molecule has 0 radical (unpaired) electrons. The van der Waals surface area contributed by atoms with E-state index in [1.54, 1.807) is 23.5 Å². The number of morpholine rings is 1. The maximum Gasteiger partial charge on any atom is 0.123 e. The van der Waals surface area contributed by atoms with Crippen LogP contribution in [-0.4, -0.2) is 59.7 Å². The minimum Gasteiger partial charge on any atom is -0.378 e. The van der Waals surface area contributed by atoms with Crippen molar-refractivity contribution in [2.45, 2.75) is 31.5 Å². The maximum atomic E-state index is 13.1. The summed E-state index contributed by atoms with van der Waals surface area (Å²) >= 11 is 1.70. The third-order valence-corrected chi connectivity index (χ3v) is 6.69. The van der Waals surface area contributed by atoms with Crippen LogP contribution in [0.3, 0.4) is 0 Å². The normalized spacial score (nSPS) is 27.4. The summed E-state index contributed by atoms with van der Waals surface area (Å²) in [6.07, 6.45) is 2.76. The molecule has 4 nitrogen and oxygen atoms in total. The predicted molar refractivity (Wildman–Crippen MR) is 101 cm³/mol. The van der Waals surface area contributed by atoms with Gasteiger partial charge in [-0.2, -0.15) is 0 Å². The number of benzene rings is 1. The van der Waals surface area contributed by atoms with Crippen LogP contribution in [0.15, 0.2) is 29.6 Å². The van der Waals surface area contributed by atoms with E-state index in [1.165, 1.54) is 25.0 Å². The van der Waals surface area contributed by atoms with Gasteiger partial charge in [-0.05, 0) is 43.0 Å². The van der Waals surface area contributed by atoms with Crippen molar-refractivity contribution in [2.75, 3.05) is 32.8 Å². The van der Waals surface area contributed by atoms with Crippen LogP contribution in [0.4, 0.5) is 4.39 Å². The van der Waals surface area contributed by atoms with E-state index >= 15 is 0 Å². The second kappa shape index (κ2) is 7.00. The third kappa shape index (κ3) is 3.43. The zero-order valence-electron chi connectivity index (χ0n) is 14.8. The number of thiazole rings is 1. The topological polar surface area (TPSA) is 28.6 Å². The molecule has 2 aromatic rings. The zero-order chi connectivity index (χ0) is 17.5. The highest BCUT2D eigenvalue weighted by Crippen LogP contribution is 2.38. The van der Waals surface area contributed by atoms with Gasteiger partial charge >= 0.3 is 0 Å². The minimum atomic E-state index is -0.207. The maximum absolute atomic E-state index is 13.1. The molecule has 3 heterocycles. The average Bonchev–Trinajstić information content (AvgIpc) is 3.41. The van der Waals surface area contributed by atoms with Crippen molar-refractivity contribution in [1.82, 2.24) is 14.8 Å². The molecule has 0 amide bonds. The molecular formula is C20H24FN3OS. The van der Waals surface area contributed by atoms with Gasteiger partial charge in [0.15, 0.2) is 0 Å². The molecule has 2 aliphatic heterocycles. The van der Waals surface area contributed by atoms with Crippen LogP contribution < -0.4 is 0 Å². The second-order valence-electron chi connectivity index (χ2n) is 7.70. The molecule has 1 aliphatic carbocycles. The highest BCUT2D eigenvalue weighted by Gasteiger charge is 2.42. The van der Waals surface area contributed by atoms with Gasteiger partial charge in [-0.1, -0.05) is 0 Å². The Balaban J connectivity index is 1.23. The fraction of sp³-hybridized carbons (Fsp3) is 0.550. The van der Waals surface area contributed by atoms with E-state index in [0.29, 0.717) is 12.1 Å². The summed E-state index contributed by atoms with van der Waals surface area (Å²) in [7, 11) is 0. The molecule has 2 atom stereocenters. The lowest BCUT2D eigenvalue weighted by atomic mass is 10.0. The Morgan fingerprint density at radius 2 is 2.00 bits per heavy atom. The van der Waals surface area contributed by atoms with Crippen LogP contribution in [0.25, 0.3) is 11.3 Å². The molecule has 0 bridgehead atoms. The quantitative estimate of drug-likeness (QED) is 0.823. The highest BCUT2D eigenvalue weighted by molar-refractivity contribution is 7.09. The van der Waals surface area contributed by atoms with Crippen molar-refractivity contribution < 1.29 is 9.13 Å². The monoisotopic (exact) mass is 373 g/mol. The molecule has 3 aliphatic rings. The second-order valence-corrected chi connectivity index (χ2v) is 8.65. The largest absolute Gasteiger partial charge is 0.378 e. The predicted octanol–water partition coefficient (Wildman–Crippen LogP) is 3.24. The number of aromatic nitrogens is 1. The molecule has 1 aromatic heterocycles. The van der Waals surface area contributed by atoms with Gasteiger partial charge in [0.05, 0.1) is 25.5 Å². The summed E-state index contributed by atoms with van der Waals surface area (Å²) in [5, 5.41) is 3.21. The third-order valence-electron chi connectivity index (χ3n) is 5.85. The number of nitrogens with zero attached hydrogens (tertiary/aromatic N) is 3. The molecule has 2 saturated heterocycles. The van der Waals surface area contributed by atoms with Gasteiger partial charge in [-0.15, -0.1) is 11.3 Å². The van der Waals surface area contributed by atoms with Crippen molar-refractivity contribution in [3.63, 3.8) is 0 Å². The Kier molecular flexibility index (Phi) is 4.52. The molecule has 0 N–H and O–H groups in total. The Labute approximate surface area is 157 Å². The van der Waals surface area contributed by atoms with E-state index < -0.39 is 0 Å². The SMILES string of the molecule is Fc1ccc(-c2csc(CN3CCN4[C@@H](COC[C@@H]4C4CC4)C3)n2)cc1. The Morgan fingerprint density at radius 1 is 1.15 bits per heavy atom. The van der Waals surface area contributed by atoms with Crippen molar-refractivity contribution in [2.24, 2.45) is 5.92 Å². The summed E-state index contributed by atoms with van der Waals surface area (Å²) in [5.74, 6) is 0.669. The van der Waals surface area contributed by atoms with E-state index in [0.717, 1.165) is 61.6 Å². The lowest BCUT2D eigenvalue weighted by Gasteiger charge is -2.48. The first-order valence-corrected chi connectivity index (χ1v) is 10.4. The summed E-state index contributed by atoms with van der Waals surface area (Å²) in [6, 6.07) is 7.76. The molecular weight excluding hydrogens is 349 g/mol. The van der Waals surface area contributed by atoms with Crippen molar-refractivity contribution >= 4 is 11.3 Å². The number of hydrogen-bond acceptors (Lipinski definition) is 5. The first kappa shape index (κ1) is 16.8.